The van der Waals surface area contributed by atoms with E-state index >= 15 is 0 Å². The summed E-state index contributed by atoms with van der Waals surface area (Å²) in [4.78, 5) is 33.3. The molecule has 19 heavy (non-hydrogen) atoms. The normalized spacial score (nSPS) is 11.6. The Bertz CT molecular complexity index is 499. The van der Waals surface area contributed by atoms with Crippen LogP contribution in [-0.2, 0) is 4.79 Å². The van der Waals surface area contributed by atoms with Crippen molar-refractivity contribution in [3.05, 3.63) is 35.4 Å². The van der Waals surface area contributed by atoms with E-state index in [0.717, 1.165) is 0 Å². The Balaban J connectivity index is 2.56. The zero-order chi connectivity index (χ0) is 14.4. The Hall–Kier alpha value is -2.37. The molecule has 6 nitrogen and oxygen atoms in total. The lowest BCUT2D eigenvalue weighted by molar-refractivity contribution is -0.141. The van der Waals surface area contributed by atoms with Gasteiger partial charge in [-0.15, -0.1) is 0 Å². The Morgan fingerprint density at radius 1 is 1.32 bits per heavy atom. The highest BCUT2D eigenvalue weighted by Gasteiger charge is 2.12. The summed E-state index contributed by atoms with van der Waals surface area (Å²) in [5.41, 5.74) is 5.69. The zero-order valence-corrected chi connectivity index (χ0v) is 10.6. The topological polar surface area (TPSA) is 109 Å². The number of rotatable bonds is 6. The molecule has 0 aliphatic carbocycles. The van der Waals surface area contributed by atoms with Crippen LogP contribution in [0.2, 0.25) is 0 Å². The first-order chi connectivity index (χ1) is 8.91. The van der Waals surface area contributed by atoms with Gasteiger partial charge in [0.1, 0.15) is 0 Å². The number of carbonyl (C=O) groups is 3. The Labute approximate surface area is 110 Å². The molecular formula is C13H16N2O4. The smallest absolute Gasteiger partial charge is 0.306 e. The molecule has 4 N–H and O–H groups in total. The number of nitrogens with two attached hydrogens (primary N) is 1. The van der Waals surface area contributed by atoms with Crippen molar-refractivity contribution in [1.82, 2.24) is 5.32 Å². The fourth-order valence-electron chi connectivity index (χ4n) is 1.44. The number of nitrogens with one attached hydrogen (secondary N) is 1. The van der Waals surface area contributed by atoms with Gasteiger partial charge >= 0.3 is 5.97 Å². The Kier molecular flexibility index (Phi) is 5.05. The standard InChI is InChI=1S/C13H16N2O4/c1-8(13(18)19)5-6-15-12(17)10-4-2-3-9(7-10)11(14)16/h2-4,7-8H,5-6H2,1H3,(H2,14,16)(H,15,17)(H,18,19). The van der Waals surface area contributed by atoms with Gasteiger partial charge in [-0.1, -0.05) is 13.0 Å². The van der Waals surface area contributed by atoms with Crippen LogP contribution in [0.4, 0.5) is 0 Å². The van der Waals surface area contributed by atoms with Gasteiger partial charge in [-0.2, -0.15) is 0 Å². The molecule has 0 fully saturated rings. The van der Waals surface area contributed by atoms with Gasteiger partial charge in [-0.3, -0.25) is 14.4 Å². The highest BCUT2D eigenvalue weighted by Crippen LogP contribution is 2.05. The number of primary amides is 1. The van der Waals surface area contributed by atoms with E-state index in [1.54, 1.807) is 19.1 Å². The average Bonchev–Trinajstić information content (AvgIpc) is 2.38. The first-order valence-corrected chi connectivity index (χ1v) is 5.82. The van der Waals surface area contributed by atoms with Gasteiger partial charge in [0.05, 0.1) is 5.92 Å². The quantitative estimate of drug-likeness (QED) is 0.699. The summed E-state index contributed by atoms with van der Waals surface area (Å²) >= 11 is 0. The van der Waals surface area contributed by atoms with Gasteiger partial charge in [0, 0.05) is 17.7 Å². The molecule has 0 saturated heterocycles. The van der Waals surface area contributed by atoms with Crippen LogP contribution in [0.1, 0.15) is 34.1 Å². The number of hydrogen-bond acceptors (Lipinski definition) is 3. The summed E-state index contributed by atoms with van der Waals surface area (Å²) < 4.78 is 0. The summed E-state index contributed by atoms with van der Waals surface area (Å²) in [5.74, 6) is -2.38. The molecule has 0 spiro atoms. The lowest BCUT2D eigenvalue weighted by Gasteiger charge is -2.08. The van der Waals surface area contributed by atoms with Crippen molar-refractivity contribution in [1.29, 1.82) is 0 Å². The second-order valence-electron chi connectivity index (χ2n) is 4.23. The molecule has 0 aromatic heterocycles. The van der Waals surface area contributed by atoms with Crippen LogP contribution in [0.5, 0.6) is 0 Å². The SMILES string of the molecule is CC(CCNC(=O)c1cccc(C(N)=O)c1)C(=O)O. The van der Waals surface area contributed by atoms with E-state index < -0.39 is 17.8 Å². The summed E-state index contributed by atoms with van der Waals surface area (Å²) in [6, 6.07) is 6.04. The predicted molar refractivity (Wildman–Crippen MR) is 68.7 cm³/mol. The van der Waals surface area contributed by atoms with Gasteiger partial charge in [0.2, 0.25) is 5.91 Å². The third-order valence-corrected chi connectivity index (χ3v) is 2.69. The van der Waals surface area contributed by atoms with Crippen LogP contribution in [0.15, 0.2) is 24.3 Å². The highest BCUT2D eigenvalue weighted by atomic mass is 16.4. The molecule has 0 bridgehead atoms. The fourth-order valence-corrected chi connectivity index (χ4v) is 1.44. The van der Waals surface area contributed by atoms with Crippen LogP contribution in [0, 0.1) is 5.92 Å². The predicted octanol–water partition coefficient (Wildman–Crippen LogP) is 0.626. The molecule has 0 aliphatic rings. The van der Waals surface area contributed by atoms with Gasteiger partial charge < -0.3 is 16.2 Å². The van der Waals surface area contributed by atoms with E-state index in [0.29, 0.717) is 12.0 Å². The summed E-state index contributed by atoms with van der Waals surface area (Å²) in [5, 5.41) is 11.3. The minimum absolute atomic E-state index is 0.256. The van der Waals surface area contributed by atoms with Crippen molar-refractivity contribution < 1.29 is 19.5 Å². The van der Waals surface area contributed by atoms with Crippen LogP contribution >= 0.6 is 0 Å². The van der Waals surface area contributed by atoms with Crippen LogP contribution in [0.25, 0.3) is 0 Å². The summed E-state index contributed by atoms with van der Waals surface area (Å²) in [6.45, 7) is 1.83. The van der Waals surface area contributed by atoms with Crippen LogP contribution < -0.4 is 11.1 Å². The van der Waals surface area contributed by atoms with Crippen LogP contribution in [0.3, 0.4) is 0 Å². The lowest BCUT2D eigenvalue weighted by Crippen LogP contribution is -2.27. The highest BCUT2D eigenvalue weighted by molar-refractivity contribution is 5.99. The van der Waals surface area contributed by atoms with Crippen molar-refractivity contribution in [3.8, 4) is 0 Å². The van der Waals surface area contributed by atoms with Gasteiger partial charge in [0.25, 0.3) is 5.91 Å². The maximum Gasteiger partial charge on any atom is 0.306 e. The van der Waals surface area contributed by atoms with E-state index in [2.05, 4.69) is 5.32 Å². The number of benzene rings is 1. The van der Waals surface area contributed by atoms with E-state index in [-0.39, 0.29) is 18.0 Å². The lowest BCUT2D eigenvalue weighted by atomic mass is 10.1. The fraction of sp³-hybridized carbons (Fsp3) is 0.308. The van der Waals surface area contributed by atoms with E-state index in [1.165, 1.54) is 12.1 Å². The largest absolute Gasteiger partial charge is 0.481 e. The van der Waals surface area contributed by atoms with Gasteiger partial charge in [-0.05, 0) is 24.6 Å². The third-order valence-electron chi connectivity index (χ3n) is 2.69. The van der Waals surface area contributed by atoms with E-state index in [1.807, 2.05) is 0 Å². The number of carboxylic acids is 1. The molecule has 0 heterocycles. The number of hydrogen-bond donors (Lipinski definition) is 3. The number of aliphatic carboxylic acids is 1. The average molecular weight is 264 g/mol. The first-order valence-electron chi connectivity index (χ1n) is 5.82. The second-order valence-corrected chi connectivity index (χ2v) is 4.23. The van der Waals surface area contributed by atoms with E-state index in [4.69, 9.17) is 10.8 Å². The van der Waals surface area contributed by atoms with Gasteiger partial charge in [-0.25, -0.2) is 0 Å². The molecule has 0 radical (unpaired) electrons. The van der Waals surface area contributed by atoms with Crippen molar-refractivity contribution >= 4 is 17.8 Å². The summed E-state index contributed by atoms with van der Waals surface area (Å²) in [7, 11) is 0. The van der Waals surface area contributed by atoms with Crippen molar-refractivity contribution in [2.75, 3.05) is 6.54 Å². The minimum Gasteiger partial charge on any atom is -0.481 e. The molecule has 1 rings (SSSR count). The zero-order valence-electron chi connectivity index (χ0n) is 10.6. The summed E-state index contributed by atoms with van der Waals surface area (Å²) in [6.07, 6.45) is 0.344. The molecule has 1 aromatic carbocycles. The third kappa shape index (κ3) is 4.42. The number of amides is 2. The molecule has 0 saturated carbocycles. The number of carboxylic acid groups (broad SMARTS) is 1. The van der Waals surface area contributed by atoms with Gasteiger partial charge in [0.15, 0.2) is 0 Å². The van der Waals surface area contributed by atoms with Crippen molar-refractivity contribution in [2.24, 2.45) is 11.7 Å². The first kappa shape index (κ1) is 14.7. The van der Waals surface area contributed by atoms with Crippen LogP contribution in [-0.4, -0.2) is 29.4 Å². The monoisotopic (exact) mass is 264 g/mol. The molecule has 1 aromatic rings. The maximum absolute atomic E-state index is 11.8. The molecule has 0 aliphatic heterocycles. The molecule has 1 unspecified atom stereocenters. The van der Waals surface area contributed by atoms with E-state index in [9.17, 15) is 14.4 Å². The molecule has 2 amide bonds. The molecule has 6 heteroatoms. The molecular weight excluding hydrogens is 248 g/mol. The Morgan fingerprint density at radius 2 is 1.95 bits per heavy atom. The number of carbonyl (C=O) groups excluding carboxylic acids is 2. The minimum atomic E-state index is -0.898. The second kappa shape index (κ2) is 6.53. The molecule has 1 atom stereocenters. The molecule has 102 valence electrons. The van der Waals surface area contributed by atoms with Crippen molar-refractivity contribution in [2.45, 2.75) is 13.3 Å². The maximum atomic E-state index is 11.8. The Morgan fingerprint density at radius 3 is 2.53 bits per heavy atom. The van der Waals surface area contributed by atoms with Crippen molar-refractivity contribution in [3.63, 3.8) is 0 Å².